The topological polar surface area (TPSA) is 73.2 Å². The molecule has 25 heavy (non-hydrogen) atoms. The number of nitrogens with one attached hydrogen (secondary N) is 1. The number of carbonyl (C=O) groups excluding carboxylic acids is 2. The van der Waals surface area contributed by atoms with Crippen molar-refractivity contribution in [1.82, 2.24) is 4.90 Å². The van der Waals surface area contributed by atoms with Gasteiger partial charge in [0.2, 0.25) is 0 Å². The summed E-state index contributed by atoms with van der Waals surface area (Å²) in [6.45, 7) is 2.77. The minimum Gasteiger partial charge on any atom is -0.342 e. The van der Waals surface area contributed by atoms with Gasteiger partial charge < -0.3 is 10.2 Å². The number of benzene rings is 2. The molecule has 2 aromatic carbocycles. The van der Waals surface area contributed by atoms with Crippen LogP contribution in [-0.2, 0) is 0 Å². The average molecular weight is 335 g/mol. The molecule has 0 spiro atoms. The second-order valence-electron chi connectivity index (χ2n) is 5.80. The number of amides is 2. The van der Waals surface area contributed by atoms with Crippen LogP contribution in [0.15, 0.2) is 48.5 Å². The SMILES string of the molecule is CCCCN(C)C(=O)c1cccc(C(=O)Nc2ccc(C#N)cc2)c1. The minimum absolute atomic E-state index is 0.0959. The largest absolute Gasteiger partial charge is 0.342 e. The van der Waals surface area contributed by atoms with Crippen LogP contribution in [0.2, 0.25) is 0 Å². The molecule has 0 aliphatic heterocycles. The molecule has 0 aliphatic rings. The lowest BCUT2D eigenvalue weighted by molar-refractivity contribution is 0.0793. The van der Waals surface area contributed by atoms with Gasteiger partial charge in [0.1, 0.15) is 0 Å². The molecule has 5 nitrogen and oxygen atoms in total. The van der Waals surface area contributed by atoms with Crippen molar-refractivity contribution < 1.29 is 9.59 Å². The fraction of sp³-hybridized carbons (Fsp3) is 0.250. The van der Waals surface area contributed by atoms with E-state index in [0.717, 1.165) is 12.8 Å². The molecule has 0 heterocycles. The molecular weight excluding hydrogens is 314 g/mol. The lowest BCUT2D eigenvalue weighted by atomic mass is 10.1. The van der Waals surface area contributed by atoms with Gasteiger partial charge in [0.15, 0.2) is 0 Å². The number of nitrogens with zero attached hydrogens (tertiary/aromatic N) is 2. The summed E-state index contributed by atoms with van der Waals surface area (Å²) in [7, 11) is 1.77. The fourth-order valence-corrected chi connectivity index (χ4v) is 2.34. The van der Waals surface area contributed by atoms with Gasteiger partial charge in [0.25, 0.3) is 11.8 Å². The summed E-state index contributed by atoms with van der Waals surface area (Å²) < 4.78 is 0. The van der Waals surface area contributed by atoms with Crippen LogP contribution in [0.4, 0.5) is 5.69 Å². The Hall–Kier alpha value is -3.13. The predicted octanol–water partition coefficient (Wildman–Crippen LogP) is 3.68. The van der Waals surface area contributed by atoms with Gasteiger partial charge in [0.05, 0.1) is 11.6 Å². The highest BCUT2D eigenvalue weighted by atomic mass is 16.2. The Morgan fingerprint density at radius 2 is 1.80 bits per heavy atom. The van der Waals surface area contributed by atoms with Crippen LogP contribution in [0.5, 0.6) is 0 Å². The number of hydrogen-bond donors (Lipinski definition) is 1. The van der Waals surface area contributed by atoms with E-state index in [9.17, 15) is 9.59 Å². The Morgan fingerprint density at radius 3 is 2.44 bits per heavy atom. The molecule has 0 radical (unpaired) electrons. The van der Waals surface area contributed by atoms with Crippen LogP contribution in [-0.4, -0.2) is 30.3 Å². The zero-order chi connectivity index (χ0) is 18.2. The fourth-order valence-electron chi connectivity index (χ4n) is 2.34. The summed E-state index contributed by atoms with van der Waals surface area (Å²) in [6, 6.07) is 15.3. The van der Waals surface area contributed by atoms with E-state index in [-0.39, 0.29) is 11.8 Å². The molecule has 2 amide bonds. The third-order valence-corrected chi connectivity index (χ3v) is 3.84. The Bertz CT molecular complexity index is 791. The van der Waals surface area contributed by atoms with E-state index >= 15 is 0 Å². The smallest absolute Gasteiger partial charge is 0.255 e. The van der Waals surface area contributed by atoms with Crippen LogP contribution in [0, 0.1) is 11.3 Å². The van der Waals surface area contributed by atoms with Crippen molar-refractivity contribution >= 4 is 17.5 Å². The van der Waals surface area contributed by atoms with Crippen molar-refractivity contribution in [2.45, 2.75) is 19.8 Å². The number of anilines is 1. The van der Waals surface area contributed by atoms with E-state index in [2.05, 4.69) is 12.2 Å². The molecule has 0 bridgehead atoms. The van der Waals surface area contributed by atoms with Crippen LogP contribution in [0.25, 0.3) is 0 Å². The zero-order valence-electron chi connectivity index (χ0n) is 14.5. The maximum Gasteiger partial charge on any atom is 0.255 e. The quantitative estimate of drug-likeness (QED) is 0.875. The zero-order valence-corrected chi connectivity index (χ0v) is 14.5. The minimum atomic E-state index is -0.296. The van der Waals surface area contributed by atoms with Gasteiger partial charge in [-0.1, -0.05) is 19.4 Å². The second kappa shape index (κ2) is 8.65. The Labute approximate surface area is 147 Å². The molecule has 0 fully saturated rings. The molecule has 2 aromatic rings. The summed E-state index contributed by atoms with van der Waals surface area (Å²) in [6.07, 6.45) is 1.96. The van der Waals surface area contributed by atoms with E-state index in [1.54, 1.807) is 60.5 Å². The number of rotatable bonds is 6. The first kappa shape index (κ1) is 18.2. The Kier molecular flexibility index (Phi) is 6.30. The van der Waals surface area contributed by atoms with E-state index in [4.69, 9.17) is 5.26 Å². The highest BCUT2D eigenvalue weighted by Gasteiger charge is 2.14. The first-order valence-electron chi connectivity index (χ1n) is 8.22. The third-order valence-electron chi connectivity index (χ3n) is 3.84. The Balaban J connectivity index is 2.10. The van der Waals surface area contributed by atoms with E-state index in [1.165, 1.54) is 0 Å². The third kappa shape index (κ3) is 4.92. The summed E-state index contributed by atoms with van der Waals surface area (Å²) in [5, 5.41) is 11.6. The maximum absolute atomic E-state index is 12.4. The lowest BCUT2D eigenvalue weighted by Gasteiger charge is -2.17. The van der Waals surface area contributed by atoms with E-state index < -0.39 is 0 Å². The highest BCUT2D eigenvalue weighted by Crippen LogP contribution is 2.13. The highest BCUT2D eigenvalue weighted by molar-refractivity contribution is 6.06. The molecule has 128 valence electrons. The van der Waals surface area contributed by atoms with Crippen LogP contribution < -0.4 is 5.32 Å². The summed E-state index contributed by atoms with van der Waals surface area (Å²) in [5.74, 6) is -0.392. The second-order valence-corrected chi connectivity index (χ2v) is 5.80. The van der Waals surface area contributed by atoms with Crippen molar-refractivity contribution in [2.75, 3.05) is 18.9 Å². The maximum atomic E-state index is 12.4. The van der Waals surface area contributed by atoms with Crippen molar-refractivity contribution in [3.05, 3.63) is 65.2 Å². The first-order chi connectivity index (χ1) is 12.0. The van der Waals surface area contributed by atoms with Crippen LogP contribution >= 0.6 is 0 Å². The summed E-state index contributed by atoms with van der Waals surface area (Å²) in [5.41, 5.74) is 2.03. The van der Waals surface area contributed by atoms with Crippen molar-refractivity contribution in [1.29, 1.82) is 5.26 Å². The standard InChI is InChI=1S/C20H21N3O2/c1-3-4-12-23(2)20(25)17-7-5-6-16(13-17)19(24)22-18-10-8-15(14-21)9-11-18/h5-11,13H,3-4,12H2,1-2H3,(H,22,24). The average Bonchev–Trinajstić information content (AvgIpc) is 2.66. The van der Waals surface area contributed by atoms with E-state index in [1.807, 2.05) is 6.07 Å². The van der Waals surface area contributed by atoms with E-state index in [0.29, 0.717) is 28.9 Å². The van der Waals surface area contributed by atoms with Gasteiger partial charge in [-0.05, 0) is 48.9 Å². The predicted molar refractivity (Wildman–Crippen MR) is 97.4 cm³/mol. The van der Waals surface area contributed by atoms with Crippen LogP contribution in [0.1, 0.15) is 46.0 Å². The number of carbonyl (C=O) groups is 2. The molecule has 2 rings (SSSR count). The van der Waals surface area contributed by atoms with Gasteiger partial charge in [-0.2, -0.15) is 5.26 Å². The molecule has 0 unspecified atom stereocenters. The summed E-state index contributed by atoms with van der Waals surface area (Å²) >= 11 is 0. The van der Waals surface area contributed by atoms with Gasteiger partial charge >= 0.3 is 0 Å². The van der Waals surface area contributed by atoms with Gasteiger partial charge in [-0.15, -0.1) is 0 Å². The van der Waals surface area contributed by atoms with Gasteiger partial charge in [-0.3, -0.25) is 9.59 Å². The van der Waals surface area contributed by atoms with Crippen molar-refractivity contribution in [2.24, 2.45) is 0 Å². The molecule has 1 N–H and O–H groups in total. The number of nitriles is 1. The molecule has 0 saturated heterocycles. The van der Waals surface area contributed by atoms with Gasteiger partial charge in [0, 0.05) is 30.4 Å². The number of hydrogen-bond acceptors (Lipinski definition) is 3. The molecule has 5 heteroatoms. The monoisotopic (exact) mass is 335 g/mol. The number of unbranched alkanes of at least 4 members (excludes halogenated alkanes) is 1. The first-order valence-corrected chi connectivity index (χ1v) is 8.22. The molecule has 0 saturated carbocycles. The normalized spacial score (nSPS) is 9.96. The van der Waals surface area contributed by atoms with Crippen molar-refractivity contribution in [3.8, 4) is 6.07 Å². The molecular formula is C20H21N3O2. The lowest BCUT2D eigenvalue weighted by Crippen LogP contribution is -2.28. The molecule has 0 aliphatic carbocycles. The molecule has 0 aromatic heterocycles. The molecule has 0 atom stereocenters. The van der Waals surface area contributed by atoms with Crippen molar-refractivity contribution in [3.63, 3.8) is 0 Å². The van der Waals surface area contributed by atoms with Gasteiger partial charge in [-0.25, -0.2) is 0 Å². The Morgan fingerprint density at radius 1 is 1.12 bits per heavy atom. The van der Waals surface area contributed by atoms with Crippen LogP contribution in [0.3, 0.4) is 0 Å². The summed E-state index contributed by atoms with van der Waals surface area (Å²) in [4.78, 5) is 26.5.